The maximum Gasteiger partial charge on any atom is 0.418 e. The number of halogens is 3. The van der Waals surface area contributed by atoms with Crippen LogP contribution in [0.5, 0.6) is 5.75 Å². The standard InChI is InChI=1S/C23H21F3N2O4S/c1-16-12-13-20(32-2)21(14-16)33(30,31)28(17-8-4-3-5-9-17)15-22(29)27-19-11-7-6-10-18(19)23(24,25)26/h3-14H,15H2,1-2H3,(H,27,29). The largest absolute Gasteiger partial charge is 0.495 e. The first kappa shape index (κ1) is 24.1. The molecule has 10 heteroatoms. The summed E-state index contributed by atoms with van der Waals surface area (Å²) in [5.41, 5.74) is -0.687. The van der Waals surface area contributed by atoms with Crippen LogP contribution in [0.4, 0.5) is 24.5 Å². The van der Waals surface area contributed by atoms with Gasteiger partial charge in [0.25, 0.3) is 10.0 Å². The lowest BCUT2D eigenvalue weighted by Gasteiger charge is -2.25. The molecule has 0 bridgehead atoms. The van der Waals surface area contributed by atoms with Crippen molar-refractivity contribution in [1.29, 1.82) is 0 Å². The number of carbonyl (C=O) groups is 1. The summed E-state index contributed by atoms with van der Waals surface area (Å²) in [6.07, 6.45) is -4.69. The first-order chi connectivity index (χ1) is 15.5. The highest BCUT2D eigenvalue weighted by Gasteiger charge is 2.34. The molecule has 1 amide bonds. The maximum absolute atomic E-state index is 13.6. The Hall–Kier alpha value is -3.53. The van der Waals surface area contributed by atoms with E-state index >= 15 is 0 Å². The summed E-state index contributed by atoms with van der Waals surface area (Å²) >= 11 is 0. The molecule has 0 saturated heterocycles. The van der Waals surface area contributed by atoms with Gasteiger partial charge < -0.3 is 10.1 Å². The number of aryl methyl sites for hydroxylation is 1. The second-order valence-electron chi connectivity index (χ2n) is 7.09. The zero-order valence-electron chi connectivity index (χ0n) is 17.8. The minimum absolute atomic E-state index is 0.0735. The summed E-state index contributed by atoms with van der Waals surface area (Å²) in [5.74, 6) is -0.866. The minimum Gasteiger partial charge on any atom is -0.495 e. The van der Waals surface area contributed by atoms with Crippen molar-refractivity contribution in [3.05, 3.63) is 83.9 Å². The van der Waals surface area contributed by atoms with Crippen LogP contribution < -0.4 is 14.4 Å². The number of alkyl halides is 3. The van der Waals surface area contributed by atoms with Crippen molar-refractivity contribution < 1.29 is 31.1 Å². The summed E-state index contributed by atoms with van der Waals surface area (Å²) < 4.78 is 73.0. The number of benzene rings is 3. The van der Waals surface area contributed by atoms with E-state index < -0.39 is 39.9 Å². The fourth-order valence-corrected chi connectivity index (χ4v) is 4.84. The molecular formula is C23H21F3N2O4S. The topological polar surface area (TPSA) is 75.7 Å². The van der Waals surface area contributed by atoms with E-state index in [9.17, 15) is 26.4 Å². The molecule has 3 aromatic carbocycles. The number of methoxy groups -OCH3 is 1. The number of nitrogens with zero attached hydrogens (tertiary/aromatic N) is 1. The lowest BCUT2D eigenvalue weighted by molar-refractivity contribution is -0.137. The first-order valence-electron chi connectivity index (χ1n) is 9.72. The Labute approximate surface area is 189 Å². The molecule has 0 fully saturated rings. The Balaban J connectivity index is 2.01. The molecule has 3 rings (SSSR count). The van der Waals surface area contributed by atoms with Crippen LogP contribution in [0.25, 0.3) is 0 Å². The van der Waals surface area contributed by atoms with Gasteiger partial charge in [0.15, 0.2) is 0 Å². The number of hydrogen-bond donors (Lipinski definition) is 1. The number of para-hydroxylation sites is 2. The normalized spacial score (nSPS) is 11.7. The maximum atomic E-state index is 13.6. The van der Waals surface area contributed by atoms with Crippen LogP contribution in [0, 0.1) is 6.92 Å². The summed E-state index contributed by atoms with van der Waals surface area (Å²) in [7, 11) is -3.00. The van der Waals surface area contributed by atoms with Crippen molar-refractivity contribution in [3.63, 3.8) is 0 Å². The number of carbonyl (C=O) groups excluding carboxylic acids is 1. The van der Waals surface area contributed by atoms with Gasteiger partial charge in [-0.05, 0) is 48.9 Å². The first-order valence-corrected chi connectivity index (χ1v) is 11.2. The van der Waals surface area contributed by atoms with Crippen LogP contribution >= 0.6 is 0 Å². The second-order valence-corrected chi connectivity index (χ2v) is 8.92. The van der Waals surface area contributed by atoms with Gasteiger partial charge in [-0.2, -0.15) is 13.2 Å². The third-order valence-electron chi connectivity index (χ3n) is 4.73. The highest BCUT2D eigenvalue weighted by Crippen LogP contribution is 2.35. The van der Waals surface area contributed by atoms with E-state index in [2.05, 4.69) is 5.32 Å². The minimum atomic E-state index is -4.69. The van der Waals surface area contributed by atoms with Gasteiger partial charge in [-0.25, -0.2) is 8.42 Å². The predicted octanol–water partition coefficient (Wildman–Crippen LogP) is 4.86. The van der Waals surface area contributed by atoms with Crippen LogP contribution in [0.3, 0.4) is 0 Å². The highest BCUT2D eigenvalue weighted by molar-refractivity contribution is 7.93. The molecule has 0 radical (unpaired) electrons. The van der Waals surface area contributed by atoms with Gasteiger partial charge in [0.2, 0.25) is 5.91 Å². The molecule has 33 heavy (non-hydrogen) atoms. The molecule has 6 nitrogen and oxygen atoms in total. The van der Waals surface area contributed by atoms with Crippen molar-refractivity contribution in [1.82, 2.24) is 0 Å². The molecule has 0 saturated carbocycles. The van der Waals surface area contributed by atoms with E-state index in [1.807, 2.05) is 0 Å². The average Bonchev–Trinajstić information content (AvgIpc) is 2.77. The smallest absolute Gasteiger partial charge is 0.418 e. The van der Waals surface area contributed by atoms with Gasteiger partial charge in [-0.3, -0.25) is 9.10 Å². The van der Waals surface area contributed by atoms with E-state index in [0.29, 0.717) is 5.56 Å². The van der Waals surface area contributed by atoms with Gasteiger partial charge in [0, 0.05) is 0 Å². The van der Waals surface area contributed by atoms with Gasteiger partial charge in [-0.1, -0.05) is 36.4 Å². The lowest BCUT2D eigenvalue weighted by Crippen LogP contribution is -2.38. The molecule has 0 spiro atoms. The predicted molar refractivity (Wildman–Crippen MR) is 119 cm³/mol. The van der Waals surface area contributed by atoms with Crippen molar-refractivity contribution >= 4 is 27.3 Å². The quantitative estimate of drug-likeness (QED) is 0.527. The third kappa shape index (κ3) is 5.46. The van der Waals surface area contributed by atoms with Crippen LogP contribution in [-0.2, 0) is 21.0 Å². The van der Waals surface area contributed by atoms with Crippen molar-refractivity contribution in [2.45, 2.75) is 18.0 Å². The molecule has 0 atom stereocenters. The molecule has 3 aromatic rings. The average molecular weight is 478 g/mol. The Bertz CT molecular complexity index is 1250. The number of anilines is 2. The van der Waals surface area contributed by atoms with E-state index in [-0.39, 0.29) is 16.3 Å². The number of sulfonamides is 1. The molecule has 0 aliphatic carbocycles. The van der Waals surface area contributed by atoms with Gasteiger partial charge in [0.05, 0.1) is 24.0 Å². The van der Waals surface area contributed by atoms with Crippen molar-refractivity contribution in [3.8, 4) is 5.75 Å². The molecule has 0 heterocycles. The van der Waals surface area contributed by atoms with E-state index in [1.165, 1.54) is 43.5 Å². The van der Waals surface area contributed by atoms with Crippen LogP contribution in [-0.4, -0.2) is 28.0 Å². The molecule has 0 aliphatic rings. The van der Waals surface area contributed by atoms with E-state index in [0.717, 1.165) is 16.4 Å². The summed E-state index contributed by atoms with van der Waals surface area (Å²) in [4.78, 5) is 12.6. The molecular weight excluding hydrogens is 457 g/mol. The SMILES string of the molecule is COc1ccc(C)cc1S(=O)(=O)N(CC(=O)Nc1ccccc1C(F)(F)F)c1ccccc1. The zero-order chi connectivity index (χ0) is 24.2. The number of nitrogens with one attached hydrogen (secondary N) is 1. The van der Waals surface area contributed by atoms with Crippen LogP contribution in [0.15, 0.2) is 77.7 Å². The summed E-state index contributed by atoms with van der Waals surface area (Å²) in [6.45, 7) is 0.946. The molecule has 0 unspecified atom stereocenters. The Morgan fingerprint density at radius 1 is 1.00 bits per heavy atom. The van der Waals surface area contributed by atoms with Crippen molar-refractivity contribution in [2.75, 3.05) is 23.3 Å². The number of rotatable bonds is 7. The lowest BCUT2D eigenvalue weighted by atomic mass is 10.1. The van der Waals surface area contributed by atoms with Gasteiger partial charge in [0.1, 0.15) is 17.2 Å². The number of ether oxygens (including phenoxy) is 1. The van der Waals surface area contributed by atoms with Gasteiger partial charge >= 0.3 is 6.18 Å². The van der Waals surface area contributed by atoms with Gasteiger partial charge in [-0.15, -0.1) is 0 Å². The fraction of sp³-hybridized carbons (Fsp3) is 0.174. The molecule has 1 N–H and O–H groups in total. The van der Waals surface area contributed by atoms with Crippen LogP contribution in [0.2, 0.25) is 0 Å². The Kier molecular flexibility index (Phi) is 6.97. The van der Waals surface area contributed by atoms with E-state index in [1.54, 1.807) is 31.2 Å². The Morgan fingerprint density at radius 2 is 1.64 bits per heavy atom. The molecule has 0 aliphatic heterocycles. The number of hydrogen-bond acceptors (Lipinski definition) is 4. The van der Waals surface area contributed by atoms with Crippen LogP contribution in [0.1, 0.15) is 11.1 Å². The highest BCUT2D eigenvalue weighted by atomic mass is 32.2. The molecule has 0 aromatic heterocycles. The fourth-order valence-electron chi connectivity index (χ4n) is 3.17. The number of amides is 1. The monoisotopic (exact) mass is 478 g/mol. The van der Waals surface area contributed by atoms with Crippen molar-refractivity contribution in [2.24, 2.45) is 0 Å². The third-order valence-corrected chi connectivity index (χ3v) is 6.52. The second kappa shape index (κ2) is 9.53. The van der Waals surface area contributed by atoms with E-state index in [4.69, 9.17) is 4.74 Å². The Morgan fingerprint density at radius 3 is 2.27 bits per heavy atom. The summed E-state index contributed by atoms with van der Waals surface area (Å²) in [5, 5.41) is 2.18. The molecule has 174 valence electrons. The summed E-state index contributed by atoms with van der Waals surface area (Å²) in [6, 6.07) is 16.8. The zero-order valence-corrected chi connectivity index (χ0v) is 18.6.